The standard InChI is InChI=1S/C24H32N4O2S/c1-18(2)13-21(27-24(29)30-14-20-7-5-4-6-8-20)15-31-23-25-16-28(17-26-23)22-11-9-19(3)10-12-22/h4-12,18,21H,13-17H2,1-3H3,(H,25,26)(H,27,29)/t21-/m0/s1. The van der Waals surface area contributed by atoms with Crippen molar-refractivity contribution >= 4 is 28.7 Å². The van der Waals surface area contributed by atoms with Crippen molar-refractivity contribution in [2.24, 2.45) is 10.9 Å². The lowest BCUT2D eigenvalue weighted by Gasteiger charge is -2.29. The monoisotopic (exact) mass is 440 g/mol. The van der Waals surface area contributed by atoms with Crippen LogP contribution in [0.25, 0.3) is 0 Å². The van der Waals surface area contributed by atoms with Crippen LogP contribution >= 0.6 is 11.8 Å². The molecule has 166 valence electrons. The average molecular weight is 441 g/mol. The molecule has 0 radical (unpaired) electrons. The van der Waals surface area contributed by atoms with Gasteiger partial charge in [0.1, 0.15) is 13.3 Å². The third-order valence-electron chi connectivity index (χ3n) is 4.92. The van der Waals surface area contributed by atoms with Gasteiger partial charge in [-0.3, -0.25) is 0 Å². The van der Waals surface area contributed by atoms with Crippen LogP contribution in [0, 0.1) is 12.8 Å². The van der Waals surface area contributed by atoms with Crippen molar-refractivity contribution in [2.45, 2.75) is 39.8 Å². The molecule has 2 aromatic carbocycles. The minimum Gasteiger partial charge on any atom is -0.445 e. The molecular formula is C24H32N4O2S. The van der Waals surface area contributed by atoms with Gasteiger partial charge >= 0.3 is 6.09 Å². The fourth-order valence-corrected chi connectivity index (χ4v) is 4.19. The molecule has 0 fully saturated rings. The molecule has 1 amide bonds. The van der Waals surface area contributed by atoms with Crippen molar-refractivity contribution in [3.8, 4) is 0 Å². The number of alkyl carbamates (subject to hydrolysis) is 1. The number of carbonyl (C=O) groups is 1. The number of amides is 1. The zero-order chi connectivity index (χ0) is 22.1. The molecule has 1 atom stereocenters. The van der Waals surface area contributed by atoms with Crippen LogP contribution in [-0.2, 0) is 11.3 Å². The van der Waals surface area contributed by atoms with Crippen LogP contribution in [0.4, 0.5) is 10.5 Å². The second-order valence-electron chi connectivity index (χ2n) is 8.16. The number of aliphatic imine (C=N–C) groups is 1. The van der Waals surface area contributed by atoms with Crippen molar-refractivity contribution in [1.29, 1.82) is 0 Å². The summed E-state index contributed by atoms with van der Waals surface area (Å²) in [6.07, 6.45) is 0.509. The number of anilines is 1. The maximum atomic E-state index is 12.3. The minimum absolute atomic E-state index is 0.0212. The highest BCUT2D eigenvalue weighted by atomic mass is 32.2. The zero-order valence-corrected chi connectivity index (χ0v) is 19.3. The summed E-state index contributed by atoms with van der Waals surface area (Å²) in [6.45, 7) is 8.02. The third-order valence-corrected chi connectivity index (χ3v) is 6.03. The van der Waals surface area contributed by atoms with Crippen LogP contribution in [0.5, 0.6) is 0 Å². The van der Waals surface area contributed by atoms with Crippen LogP contribution in [-0.4, -0.2) is 36.4 Å². The van der Waals surface area contributed by atoms with Gasteiger partial charge in [0, 0.05) is 17.5 Å². The van der Waals surface area contributed by atoms with Crippen molar-refractivity contribution in [3.63, 3.8) is 0 Å². The summed E-state index contributed by atoms with van der Waals surface area (Å²) in [4.78, 5) is 19.1. The predicted molar refractivity (Wildman–Crippen MR) is 129 cm³/mol. The van der Waals surface area contributed by atoms with E-state index in [1.54, 1.807) is 11.8 Å². The van der Waals surface area contributed by atoms with Crippen LogP contribution in [0.2, 0.25) is 0 Å². The Labute approximate surface area is 189 Å². The number of carbonyl (C=O) groups excluding carboxylic acids is 1. The third kappa shape index (κ3) is 7.83. The molecule has 6 nitrogen and oxygen atoms in total. The van der Waals surface area contributed by atoms with Gasteiger partial charge in [0.15, 0.2) is 5.17 Å². The van der Waals surface area contributed by atoms with E-state index in [1.165, 1.54) is 5.56 Å². The summed E-state index contributed by atoms with van der Waals surface area (Å²) in [6, 6.07) is 18.2. The maximum absolute atomic E-state index is 12.3. The highest BCUT2D eigenvalue weighted by Crippen LogP contribution is 2.18. The molecule has 0 saturated carbocycles. The number of thioether (sulfide) groups is 1. The molecule has 3 rings (SSSR count). The Morgan fingerprint density at radius 1 is 1.19 bits per heavy atom. The van der Waals surface area contributed by atoms with E-state index in [2.05, 4.69) is 65.6 Å². The fourth-order valence-electron chi connectivity index (χ4n) is 3.29. The van der Waals surface area contributed by atoms with E-state index in [0.29, 0.717) is 12.6 Å². The van der Waals surface area contributed by atoms with Gasteiger partial charge in [-0.1, -0.05) is 73.6 Å². The van der Waals surface area contributed by atoms with Gasteiger partial charge < -0.3 is 20.3 Å². The van der Waals surface area contributed by atoms with Crippen LogP contribution in [0.1, 0.15) is 31.4 Å². The first-order chi connectivity index (χ1) is 15.0. The number of amidine groups is 1. The summed E-state index contributed by atoms with van der Waals surface area (Å²) >= 11 is 1.65. The molecule has 0 bridgehead atoms. The number of benzene rings is 2. The van der Waals surface area contributed by atoms with Crippen LogP contribution in [0.3, 0.4) is 0 Å². The van der Waals surface area contributed by atoms with Gasteiger partial charge in [-0.25, -0.2) is 9.79 Å². The Morgan fingerprint density at radius 3 is 2.58 bits per heavy atom. The molecule has 0 spiro atoms. The summed E-state index contributed by atoms with van der Waals surface area (Å²) in [7, 11) is 0. The van der Waals surface area contributed by atoms with Crippen molar-refractivity contribution in [1.82, 2.24) is 10.6 Å². The number of hydrogen-bond donors (Lipinski definition) is 2. The number of aryl methyl sites for hydroxylation is 1. The van der Waals surface area contributed by atoms with E-state index in [0.717, 1.165) is 35.3 Å². The van der Waals surface area contributed by atoms with Gasteiger partial charge in [0.2, 0.25) is 0 Å². The molecule has 1 aliphatic heterocycles. The molecule has 0 aromatic heterocycles. The van der Waals surface area contributed by atoms with E-state index in [4.69, 9.17) is 4.74 Å². The van der Waals surface area contributed by atoms with Gasteiger partial charge in [-0.2, -0.15) is 0 Å². The van der Waals surface area contributed by atoms with Crippen LogP contribution in [0.15, 0.2) is 59.6 Å². The minimum atomic E-state index is -0.376. The smallest absolute Gasteiger partial charge is 0.407 e. The summed E-state index contributed by atoms with van der Waals surface area (Å²) in [5.41, 5.74) is 3.39. The molecule has 1 heterocycles. The number of hydrogen-bond acceptors (Lipinski definition) is 6. The second kappa shape index (κ2) is 11.6. The lowest BCUT2D eigenvalue weighted by Crippen LogP contribution is -2.43. The van der Waals surface area contributed by atoms with Crippen molar-refractivity contribution in [2.75, 3.05) is 24.0 Å². The Kier molecular flexibility index (Phi) is 8.64. The molecule has 0 aliphatic carbocycles. The van der Waals surface area contributed by atoms with Crippen molar-refractivity contribution < 1.29 is 9.53 Å². The second-order valence-corrected chi connectivity index (χ2v) is 9.17. The normalized spacial score (nSPS) is 14.6. The van der Waals surface area contributed by atoms with Gasteiger partial charge in [-0.05, 0) is 37.0 Å². The molecule has 2 aromatic rings. The van der Waals surface area contributed by atoms with E-state index >= 15 is 0 Å². The predicted octanol–water partition coefficient (Wildman–Crippen LogP) is 4.75. The first-order valence-corrected chi connectivity index (χ1v) is 11.7. The van der Waals surface area contributed by atoms with E-state index in [-0.39, 0.29) is 18.7 Å². The highest BCUT2D eigenvalue weighted by molar-refractivity contribution is 8.13. The zero-order valence-electron chi connectivity index (χ0n) is 18.5. The first-order valence-electron chi connectivity index (χ1n) is 10.7. The maximum Gasteiger partial charge on any atom is 0.407 e. The van der Waals surface area contributed by atoms with E-state index in [9.17, 15) is 4.79 Å². The van der Waals surface area contributed by atoms with E-state index < -0.39 is 0 Å². The lowest BCUT2D eigenvalue weighted by atomic mass is 10.1. The summed E-state index contributed by atoms with van der Waals surface area (Å²) in [5, 5.41) is 7.32. The summed E-state index contributed by atoms with van der Waals surface area (Å²) < 4.78 is 5.39. The Morgan fingerprint density at radius 2 is 1.94 bits per heavy atom. The molecule has 31 heavy (non-hydrogen) atoms. The lowest BCUT2D eigenvalue weighted by molar-refractivity contribution is 0.135. The number of nitrogens with one attached hydrogen (secondary N) is 2. The van der Waals surface area contributed by atoms with Crippen LogP contribution < -0.4 is 15.5 Å². The van der Waals surface area contributed by atoms with Gasteiger partial charge in [-0.15, -0.1) is 0 Å². The highest BCUT2D eigenvalue weighted by Gasteiger charge is 2.18. The number of ether oxygens (including phenoxy) is 1. The van der Waals surface area contributed by atoms with Gasteiger partial charge in [0.05, 0.1) is 6.67 Å². The molecule has 1 aliphatic rings. The Balaban J connectivity index is 1.47. The molecular weight excluding hydrogens is 408 g/mol. The molecule has 2 N–H and O–H groups in total. The topological polar surface area (TPSA) is 66.0 Å². The summed E-state index contributed by atoms with van der Waals surface area (Å²) in [5.74, 6) is 1.22. The Hall–Kier alpha value is -2.67. The molecule has 0 saturated heterocycles. The Bertz CT molecular complexity index is 856. The molecule has 0 unspecified atom stereocenters. The largest absolute Gasteiger partial charge is 0.445 e. The SMILES string of the molecule is Cc1ccc(N2CN=C(SC[C@H](CC(C)C)NC(=O)OCc3ccccc3)NC2)cc1. The number of rotatable bonds is 8. The van der Waals surface area contributed by atoms with Crippen molar-refractivity contribution in [3.05, 3.63) is 65.7 Å². The van der Waals surface area contributed by atoms with Gasteiger partial charge in [0.25, 0.3) is 0 Å². The number of nitrogens with zero attached hydrogens (tertiary/aromatic N) is 2. The fraction of sp³-hybridized carbons (Fsp3) is 0.417. The average Bonchev–Trinajstić information content (AvgIpc) is 2.77. The van der Waals surface area contributed by atoms with E-state index in [1.807, 2.05) is 30.3 Å². The first kappa shape index (κ1) is 23.0. The quantitative estimate of drug-likeness (QED) is 0.620. The molecule has 7 heteroatoms.